The molecule has 3 amide bonds. The molecule has 0 spiro atoms. The van der Waals surface area contributed by atoms with Gasteiger partial charge in [-0.15, -0.1) is 11.3 Å². The topological polar surface area (TPSA) is 112 Å². The van der Waals surface area contributed by atoms with Gasteiger partial charge in [0.1, 0.15) is 12.1 Å². The van der Waals surface area contributed by atoms with Gasteiger partial charge in [0.2, 0.25) is 17.7 Å². The Hall–Kier alpha value is -3.08. The summed E-state index contributed by atoms with van der Waals surface area (Å²) in [6.45, 7) is 9.62. The van der Waals surface area contributed by atoms with Crippen molar-refractivity contribution in [3.8, 4) is 10.4 Å². The number of likely N-dealkylation sites (tertiary alicyclic amines) is 1. The van der Waals surface area contributed by atoms with Crippen LogP contribution in [0.5, 0.6) is 0 Å². The highest BCUT2D eigenvalue weighted by Crippen LogP contribution is 2.48. The fourth-order valence-electron chi connectivity index (χ4n) is 5.83. The SMILES string of the molecule is Cc1ncsc1-c1ccc([C@H](C)NC(=O)[C@@H]2C[C@@H](O)CN2C(=O)[C@@H](NC(=O)[C@@H]2C[C@@H]2c2ccc(Br)cc2)C(C)(C)C)cc1. The van der Waals surface area contributed by atoms with E-state index in [1.807, 2.05) is 88.7 Å². The zero-order valence-corrected chi connectivity index (χ0v) is 27.5. The zero-order valence-electron chi connectivity index (χ0n) is 25.1. The van der Waals surface area contributed by atoms with Gasteiger partial charge in [0.25, 0.3) is 0 Å². The van der Waals surface area contributed by atoms with Crippen LogP contribution in [0.15, 0.2) is 58.5 Å². The number of carbonyl (C=O) groups excluding carboxylic acids is 3. The molecule has 6 atom stereocenters. The standard InChI is InChI=1S/C33H39BrN4O4S/c1-18(20-6-8-22(9-7-20)28-19(2)35-17-43-28)36-31(41)27-14-24(39)16-38(27)32(42)29(33(3,4)5)37-30(40)26-15-25(26)21-10-12-23(34)13-11-21/h6-13,17-18,24-27,29,39H,14-16H2,1-5H3,(H,36,41)(H,37,40)/t18-,24+,25+,26+,27-,29+/m0/s1. The molecule has 8 nitrogen and oxygen atoms in total. The summed E-state index contributed by atoms with van der Waals surface area (Å²) in [6, 6.07) is 14.0. The predicted octanol–water partition coefficient (Wildman–Crippen LogP) is 5.35. The number of halogens is 1. The number of thiazole rings is 1. The van der Waals surface area contributed by atoms with E-state index >= 15 is 0 Å². The quantitative estimate of drug-likeness (QED) is 0.300. The molecule has 43 heavy (non-hydrogen) atoms. The minimum atomic E-state index is -0.841. The first-order chi connectivity index (χ1) is 20.3. The molecule has 2 fully saturated rings. The second kappa shape index (κ2) is 12.5. The second-order valence-electron chi connectivity index (χ2n) is 12.8. The number of benzene rings is 2. The molecule has 1 saturated carbocycles. The van der Waals surface area contributed by atoms with Crippen molar-refractivity contribution in [1.29, 1.82) is 0 Å². The first-order valence-electron chi connectivity index (χ1n) is 14.7. The van der Waals surface area contributed by atoms with Gasteiger partial charge in [0.05, 0.1) is 28.2 Å². The summed E-state index contributed by atoms with van der Waals surface area (Å²) in [6.07, 6.45) is 0.0558. The van der Waals surface area contributed by atoms with Crippen molar-refractivity contribution in [2.75, 3.05) is 6.54 Å². The molecule has 5 rings (SSSR count). The molecule has 1 aromatic heterocycles. The van der Waals surface area contributed by atoms with Gasteiger partial charge in [0, 0.05) is 23.4 Å². The number of aromatic nitrogens is 1. The third-order valence-electron chi connectivity index (χ3n) is 8.47. The number of carbonyl (C=O) groups is 3. The number of amides is 3. The number of aliphatic hydroxyl groups excluding tert-OH is 1. The summed E-state index contributed by atoms with van der Waals surface area (Å²) in [5.74, 6) is -0.911. The molecule has 10 heteroatoms. The summed E-state index contributed by atoms with van der Waals surface area (Å²) < 4.78 is 0.983. The Morgan fingerprint density at radius 3 is 2.30 bits per heavy atom. The zero-order chi connectivity index (χ0) is 31.1. The molecule has 3 aromatic rings. The second-order valence-corrected chi connectivity index (χ2v) is 14.6. The molecule has 1 saturated heterocycles. The molecule has 2 aliphatic rings. The third-order valence-corrected chi connectivity index (χ3v) is 9.97. The van der Waals surface area contributed by atoms with Crippen LogP contribution in [-0.2, 0) is 14.4 Å². The Morgan fingerprint density at radius 2 is 1.70 bits per heavy atom. The van der Waals surface area contributed by atoms with Crippen LogP contribution in [0.4, 0.5) is 0 Å². The van der Waals surface area contributed by atoms with E-state index in [0.717, 1.165) is 38.2 Å². The van der Waals surface area contributed by atoms with Crippen LogP contribution < -0.4 is 10.6 Å². The fraction of sp³-hybridized carbons (Fsp3) is 0.455. The predicted molar refractivity (Wildman–Crippen MR) is 171 cm³/mol. The molecule has 0 bridgehead atoms. The Bertz CT molecular complexity index is 1480. The lowest BCUT2D eigenvalue weighted by atomic mass is 9.85. The minimum Gasteiger partial charge on any atom is -0.391 e. The van der Waals surface area contributed by atoms with Gasteiger partial charge in [-0.25, -0.2) is 4.98 Å². The largest absolute Gasteiger partial charge is 0.391 e. The number of nitrogens with zero attached hydrogens (tertiary/aromatic N) is 2. The molecule has 3 N–H and O–H groups in total. The smallest absolute Gasteiger partial charge is 0.246 e. The summed E-state index contributed by atoms with van der Waals surface area (Å²) in [4.78, 5) is 47.7. The van der Waals surface area contributed by atoms with E-state index in [-0.39, 0.29) is 48.6 Å². The number of hydrogen-bond acceptors (Lipinski definition) is 6. The van der Waals surface area contributed by atoms with Gasteiger partial charge in [-0.3, -0.25) is 14.4 Å². The van der Waals surface area contributed by atoms with Crippen molar-refractivity contribution in [3.05, 3.63) is 75.3 Å². The average molecular weight is 668 g/mol. The lowest BCUT2D eigenvalue weighted by Crippen LogP contribution is -2.58. The molecular formula is C33H39BrN4O4S. The maximum Gasteiger partial charge on any atom is 0.246 e. The van der Waals surface area contributed by atoms with E-state index in [1.165, 1.54) is 4.90 Å². The Morgan fingerprint density at radius 1 is 1.02 bits per heavy atom. The highest BCUT2D eigenvalue weighted by atomic mass is 79.9. The summed E-state index contributed by atoms with van der Waals surface area (Å²) in [7, 11) is 0. The van der Waals surface area contributed by atoms with Gasteiger partial charge < -0.3 is 20.6 Å². The Labute approximate surface area is 265 Å². The molecule has 228 valence electrons. The van der Waals surface area contributed by atoms with Crippen LogP contribution in [0.2, 0.25) is 0 Å². The van der Waals surface area contributed by atoms with Crippen molar-refractivity contribution in [3.63, 3.8) is 0 Å². The first-order valence-corrected chi connectivity index (χ1v) is 16.4. The van der Waals surface area contributed by atoms with Gasteiger partial charge >= 0.3 is 0 Å². The summed E-state index contributed by atoms with van der Waals surface area (Å²) in [5, 5.41) is 16.6. The first kappa shape index (κ1) is 31.3. The van der Waals surface area contributed by atoms with E-state index in [4.69, 9.17) is 0 Å². The molecule has 2 heterocycles. The fourth-order valence-corrected chi connectivity index (χ4v) is 6.90. The number of nitrogens with one attached hydrogen (secondary N) is 2. The van der Waals surface area contributed by atoms with Gasteiger partial charge in [-0.1, -0.05) is 73.1 Å². The van der Waals surface area contributed by atoms with Gasteiger partial charge in [-0.05, 0) is 60.4 Å². The van der Waals surface area contributed by atoms with Gasteiger partial charge in [-0.2, -0.15) is 0 Å². The van der Waals surface area contributed by atoms with Crippen LogP contribution in [-0.4, -0.2) is 57.4 Å². The van der Waals surface area contributed by atoms with Crippen molar-refractivity contribution >= 4 is 45.0 Å². The van der Waals surface area contributed by atoms with Crippen molar-refractivity contribution in [2.45, 2.75) is 77.6 Å². The van der Waals surface area contributed by atoms with E-state index in [9.17, 15) is 19.5 Å². The maximum absolute atomic E-state index is 14.0. The van der Waals surface area contributed by atoms with Gasteiger partial charge in [0.15, 0.2) is 0 Å². The van der Waals surface area contributed by atoms with Crippen molar-refractivity contribution in [1.82, 2.24) is 20.5 Å². The van der Waals surface area contributed by atoms with Crippen LogP contribution in [0.1, 0.15) is 69.3 Å². The number of β-amino-alcohol motifs (C(OH)–C–C–N with tert-alkyl or cyclic N) is 1. The number of rotatable bonds is 8. The van der Waals surface area contributed by atoms with Crippen LogP contribution in [0.3, 0.4) is 0 Å². The lowest BCUT2D eigenvalue weighted by molar-refractivity contribution is -0.144. The van der Waals surface area contributed by atoms with Crippen LogP contribution in [0.25, 0.3) is 10.4 Å². The van der Waals surface area contributed by atoms with Crippen LogP contribution in [0, 0.1) is 18.3 Å². The third kappa shape index (κ3) is 7.02. The minimum absolute atomic E-state index is 0.0432. The molecule has 1 aliphatic carbocycles. The van der Waals surface area contributed by atoms with E-state index < -0.39 is 23.6 Å². The number of aryl methyl sites for hydroxylation is 1. The molecule has 2 aromatic carbocycles. The van der Waals surface area contributed by atoms with E-state index in [1.54, 1.807) is 11.3 Å². The highest BCUT2D eigenvalue weighted by molar-refractivity contribution is 9.10. The lowest BCUT2D eigenvalue weighted by Gasteiger charge is -2.35. The normalized spacial score (nSPS) is 23.0. The average Bonchev–Trinajstić information content (AvgIpc) is 3.49. The Kier molecular flexibility index (Phi) is 9.11. The summed E-state index contributed by atoms with van der Waals surface area (Å²) >= 11 is 5.04. The monoisotopic (exact) mass is 666 g/mol. The summed E-state index contributed by atoms with van der Waals surface area (Å²) in [5.41, 5.74) is 5.31. The Balaban J connectivity index is 1.25. The van der Waals surface area contributed by atoms with Crippen LogP contribution >= 0.6 is 27.3 Å². The maximum atomic E-state index is 14.0. The van der Waals surface area contributed by atoms with E-state index in [2.05, 4.69) is 31.5 Å². The molecular weight excluding hydrogens is 628 g/mol. The molecule has 1 aliphatic heterocycles. The van der Waals surface area contributed by atoms with E-state index in [0.29, 0.717) is 0 Å². The number of hydrogen-bond donors (Lipinski definition) is 3. The highest BCUT2D eigenvalue weighted by Gasteiger charge is 2.48. The number of aliphatic hydroxyl groups is 1. The van der Waals surface area contributed by atoms with Crippen molar-refractivity contribution < 1.29 is 19.5 Å². The van der Waals surface area contributed by atoms with Crippen molar-refractivity contribution in [2.24, 2.45) is 11.3 Å². The molecule has 0 radical (unpaired) electrons. The molecule has 0 unspecified atom stereocenters.